The van der Waals surface area contributed by atoms with Crippen LogP contribution in [0.2, 0.25) is 0 Å². The van der Waals surface area contributed by atoms with Crippen LogP contribution >= 0.6 is 0 Å². The molecule has 0 amide bonds. The molecule has 0 heterocycles. The lowest BCUT2D eigenvalue weighted by Gasteiger charge is -2.10. The van der Waals surface area contributed by atoms with Crippen LogP contribution in [-0.2, 0) is 11.2 Å². The molecule has 15 heavy (non-hydrogen) atoms. The molecular weight excluding hydrogens is 192 g/mol. The number of carbonyl (C=O) groups is 1. The van der Waals surface area contributed by atoms with Crippen molar-refractivity contribution in [2.75, 3.05) is 6.61 Å². The van der Waals surface area contributed by atoms with Gasteiger partial charge in [-0.05, 0) is 30.5 Å². The third kappa shape index (κ3) is 3.62. The van der Waals surface area contributed by atoms with E-state index >= 15 is 0 Å². The zero-order chi connectivity index (χ0) is 11.3. The lowest BCUT2D eigenvalue weighted by atomic mass is 10.1. The molecule has 82 valence electrons. The molecule has 0 aromatic heterocycles. The van der Waals surface area contributed by atoms with E-state index in [1.807, 2.05) is 25.1 Å². The van der Waals surface area contributed by atoms with Gasteiger partial charge in [-0.15, -0.1) is 0 Å². The number of rotatable bonds is 5. The maximum atomic E-state index is 10.4. The average Bonchev–Trinajstić information content (AvgIpc) is 2.18. The second kappa shape index (κ2) is 5.39. The first-order valence-electron chi connectivity index (χ1n) is 5.07. The van der Waals surface area contributed by atoms with E-state index in [9.17, 15) is 4.79 Å². The first kappa shape index (κ1) is 11.6. The van der Waals surface area contributed by atoms with Crippen molar-refractivity contribution in [2.45, 2.75) is 26.7 Å². The van der Waals surface area contributed by atoms with Crippen molar-refractivity contribution in [1.29, 1.82) is 0 Å². The monoisotopic (exact) mass is 208 g/mol. The molecule has 0 saturated heterocycles. The second-order valence-electron chi connectivity index (χ2n) is 3.54. The van der Waals surface area contributed by atoms with E-state index in [1.54, 1.807) is 0 Å². The molecule has 3 heteroatoms. The summed E-state index contributed by atoms with van der Waals surface area (Å²) in [5, 5.41) is 8.54. The topological polar surface area (TPSA) is 46.5 Å². The average molecular weight is 208 g/mol. The van der Waals surface area contributed by atoms with Crippen molar-refractivity contribution >= 4 is 5.97 Å². The Bertz CT molecular complexity index is 345. The van der Waals surface area contributed by atoms with Crippen molar-refractivity contribution in [1.82, 2.24) is 0 Å². The van der Waals surface area contributed by atoms with E-state index in [0.29, 0.717) is 5.75 Å². The van der Waals surface area contributed by atoms with Gasteiger partial charge in [0.25, 0.3) is 0 Å². The fourth-order valence-corrected chi connectivity index (χ4v) is 1.41. The maximum absolute atomic E-state index is 10.4. The largest absolute Gasteiger partial charge is 0.482 e. The molecule has 0 saturated carbocycles. The number of hydrogen-bond donors (Lipinski definition) is 1. The lowest BCUT2D eigenvalue weighted by Crippen LogP contribution is -2.10. The first-order valence-corrected chi connectivity index (χ1v) is 5.07. The molecule has 0 aliphatic rings. The van der Waals surface area contributed by atoms with Crippen molar-refractivity contribution in [3.8, 4) is 5.75 Å². The summed E-state index contributed by atoms with van der Waals surface area (Å²) < 4.78 is 5.23. The van der Waals surface area contributed by atoms with Gasteiger partial charge in [0.05, 0.1) is 0 Å². The van der Waals surface area contributed by atoms with Crippen LogP contribution in [0.1, 0.15) is 24.5 Å². The van der Waals surface area contributed by atoms with Gasteiger partial charge in [-0.1, -0.05) is 25.5 Å². The van der Waals surface area contributed by atoms with Gasteiger partial charge in [-0.25, -0.2) is 4.79 Å². The van der Waals surface area contributed by atoms with Gasteiger partial charge in [-0.3, -0.25) is 0 Å². The Balaban J connectivity index is 2.81. The van der Waals surface area contributed by atoms with E-state index in [-0.39, 0.29) is 6.61 Å². The summed E-state index contributed by atoms with van der Waals surface area (Å²) in [6.45, 7) is 3.77. The third-order valence-electron chi connectivity index (χ3n) is 2.09. The molecule has 0 bridgehead atoms. The van der Waals surface area contributed by atoms with Crippen LogP contribution in [0.4, 0.5) is 0 Å². The Kier molecular flexibility index (Phi) is 4.16. The molecule has 0 aliphatic heterocycles. The molecule has 0 aliphatic carbocycles. The molecule has 1 rings (SSSR count). The van der Waals surface area contributed by atoms with Crippen LogP contribution in [0.5, 0.6) is 5.75 Å². The standard InChI is InChI=1S/C12H16O3/c1-3-4-10-6-5-9(2)7-11(10)15-8-12(13)14/h5-7H,3-4,8H2,1-2H3,(H,13,14). The molecule has 1 aromatic rings. The minimum Gasteiger partial charge on any atom is -0.482 e. The SMILES string of the molecule is CCCc1ccc(C)cc1OCC(=O)O. The van der Waals surface area contributed by atoms with Gasteiger partial charge < -0.3 is 9.84 Å². The molecular formula is C12H16O3. The van der Waals surface area contributed by atoms with Gasteiger partial charge in [0.2, 0.25) is 0 Å². The van der Waals surface area contributed by atoms with Crippen molar-refractivity contribution < 1.29 is 14.6 Å². The van der Waals surface area contributed by atoms with Crippen LogP contribution in [0, 0.1) is 6.92 Å². The number of aliphatic carboxylic acids is 1. The molecule has 0 radical (unpaired) electrons. The van der Waals surface area contributed by atoms with Gasteiger partial charge in [0.1, 0.15) is 5.75 Å². The number of hydrogen-bond acceptors (Lipinski definition) is 2. The Hall–Kier alpha value is -1.51. The van der Waals surface area contributed by atoms with Crippen LogP contribution in [0.25, 0.3) is 0 Å². The number of aryl methyl sites for hydroxylation is 2. The summed E-state index contributed by atoms with van der Waals surface area (Å²) >= 11 is 0. The Labute approximate surface area is 89.7 Å². The van der Waals surface area contributed by atoms with Crippen LogP contribution in [0.3, 0.4) is 0 Å². The van der Waals surface area contributed by atoms with Gasteiger partial charge in [-0.2, -0.15) is 0 Å². The Morgan fingerprint density at radius 3 is 2.80 bits per heavy atom. The normalized spacial score (nSPS) is 10.0. The van der Waals surface area contributed by atoms with Crippen LogP contribution < -0.4 is 4.74 Å². The zero-order valence-corrected chi connectivity index (χ0v) is 9.12. The predicted molar refractivity (Wildman–Crippen MR) is 58.3 cm³/mol. The summed E-state index contributed by atoms with van der Waals surface area (Å²) in [6, 6.07) is 5.89. The van der Waals surface area contributed by atoms with Crippen molar-refractivity contribution in [2.24, 2.45) is 0 Å². The van der Waals surface area contributed by atoms with Gasteiger partial charge >= 0.3 is 5.97 Å². The summed E-state index contributed by atoms with van der Waals surface area (Å²) in [4.78, 5) is 10.4. The third-order valence-corrected chi connectivity index (χ3v) is 2.09. The minimum atomic E-state index is -0.945. The molecule has 0 fully saturated rings. The molecule has 1 aromatic carbocycles. The smallest absolute Gasteiger partial charge is 0.341 e. The predicted octanol–water partition coefficient (Wildman–Crippen LogP) is 2.41. The lowest BCUT2D eigenvalue weighted by molar-refractivity contribution is -0.139. The van der Waals surface area contributed by atoms with E-state index in [1.165, 1.54) is 0 Å². The zero-order valence-electron chi connectivity index (χ0n) is 9.12. The fourth-order valence-electron chi connectivity index (χ4n) is 1.41. The van der Waals surface area contributed by atoms with E-state index in [2.05, 4.69) is 6.92 Å². The molecule has 0 spiro atoms. The quantitative estimate of drug-likeness (QED) is 0.808. The van der Waals surface area contributed by atoms with Gasteiger partial charge in [0.15, 0.2) is 6.61 Å². The highest BCUT2D eigenvalue weighted by Gasteiger charge is 2.05. The molecule has 0 atom stereocenters. The second-order valence-corrected chi connectivity index (χ2v) is 3.54. The number of benzene rings is 1. The van der Waals surface area contributed by atoms with E-state index in [0.717, 1.165) is 24.0 Å². The first-order chi connectivity index (χ1) is 7.13. The van der Waals surface area contributed by atoms with Crippen LogP contribution in [0.15, 0.2) is 18.2 Å². The molecule has 0 unspecified atom stereocenters. The highest BCUT2D eigenvalue weighted by atomic mass is 16.5. The molecule has 3 nitrogen and oxygen atoms in total. The summed E-state index contributed by atoms with van der Waals surface area (Å²) in [5.74, 6) is -0.252. The summed E-state index contributed by atoms with van der Waals surface area (Å²) in [7, 11) is 0. The Morgan fingerprint density at radius 2 is 2.20 bits per heavy atom. The molecule has 1 N–H and O–H groups in total. The summed E-state index contributed by atoms with van der Waals surface area (Å²) in [5.41, 5.74) is 2.15. The highest BCUT2D eigenvalue weighted by Crippen LogP contribution is 2.21. The minimum absolute atomic E-state index is 0.278. The van der Waals surface area contributed by atoms with E-state index < -0.39 is 5.97 Å². The van der Waals surface area contributed by atoms with Crippen molar-refractivity contribution in [3.05, 3.63) is 29.3 Å². The number of carboxylic acid groups (broad SMARTS) is 1. The highest BCUT2D eigenvalue weighted by molar-refractivity contribution is 5.68. The number of carboxylic acids is 1. The van der Waals surface area contributed by atoms with Gasteiger partial charge in [0, 0.05) is 0 Å². The van der Waals surface area contributed by atoms with Crippen molar-refractivity contribution in [3.63, 3.8) is 0 Å². The summed E-state index contributed by atoms with van der Waals surface area (Å²) in [6.07, 6.45) is 1.93. The fraction of sp³-hybridized carbons (Fsp3) is 0.417. The number of ether oxygens (including phenoxy) is 1. The Morgan fingerprint density at radius 1 is 1.47 bits per heavy atom. The van der Waals surface area contributed by atoms with E-state index in [4.69, 9.17) is 9.84 Å². The van der Waals surface area contributed by atoms with Crippen LogP contribution in [-0.4, -0.2) is 17.7 Å². The maximum Gasteiger partial charge on any atom is 0.341 e.